The normalized spacial score (nSPS) is 15.7. The molecule has 0 saturated carbocycles. The number of nitrogens with one attached hydrogen (secondary N) is 1. The summed E-state index contributed by atoms with van der Waals surface area (Å²) in [5, 5.41) is 6.90. The number of benzene rings is 1. The number of nitrogens with zero attached hydrogens (tertiary/aromatic N) is 3. The molecule has 0 bridgehead atoms. The summed E-state index contributed by atoms with van der Waals surface area (Å²) in [6.07, 6.45) is 4.36. The van der Waals surface area contributed by atoms with Gasteiger partial charge in [-0.15, -0.1) is 0 Å². The number of rotatable bonds is 9. The Morgan fingerprint density at radius 2 is 2.07 bits per heavy atom. The van der Waals surface area contributed by atoms with Crippen molar-refractivity contribution in [2.24, 2.45) is 0 Å². The summed E-state index contributed by atoms with van der Waals surface area (Å²) in [6, 6.07) is 7.27. The van der Waals surface area contributed by atoms with Crippen LogP contribution in [-0.4, -0.2) is 66.5 Å². The van der Waals surface area contributed by atoms with E-state index in [0.29, 0.717) is 31.2 Å². The molecule has 1 aromatic carbocycles. The van der Waals surface area contributed by atoms with Crippen molar-refractivity contribution in [2.45, 2.75) is 25.5 Å². The Labute approximate surface area is 169 Å². The van der Waals surface area contributed by atoms with Crippen molar-refractivity contribution in [2.75, 3.05) is 39.2 Å². The van der Waals surface area contributed by atoms with E-state index in [1.54, 1.807) is 25.3 Å². The van der Waals surface area contributed by atoms with Gasteiger partial charge in [0.2, 0.25) is 5.91 Å². The molecular weight excluding hydrogens is 376 g/mol. The Morgan fingerprint density at radius 1 is 1.31 bits per heavy atom. The molecule has 29 heavy (non-hydrogen) atoms. The first kappa shape index (κ1) is 20.7. The van der Waals surface area contributed by atoms with Crippen LogP contribution in [0.4, 0.5) is 5.69 Å². The number of aromatic nitrogens is 2. The van der Waals surface area contributed by atoms with Crippen molar-refractivity contribution in [3.05, 3.63) is 36.7 Å². The number of ether oxygens (including phenoxy) is 3. The fourth-order valence-electron chi connectivity index (χ4n) is 2.88. The lowest BCUT2D eigenvalue weighted by Gasteiger charge is -2.17. The largest absolute Gasteiger partial charge is 0.497 e. The van der Waals surface area contributed by atoms with Crippen LogP contribution in [-0.2, 0) is 20.9 Å². The summed E-state index contributed by atoms with van der Waals surface area (Å²) in [7, 11) is 3.32. The van der Waals surface area contributed by atoms with Gasteiger partial charge in [-0.1, -0.05) is 0 Å². The van der Waals surface area contributed by atoms with E-state index in [1.165, 1.54) is 10.9 Å². The molecule has 0 aliphatic carbocycles. The lowest BCUT2D eigenvalue weighted by molar-refractivity contribution is -0.131. The van der Waals surface area contributed by atoms with Gasteiger partial charge in [0.25, 0.3) is 5.91 Å². The van der Waals surface area contributed by atoms with Gasteiger partial charge in [0, 0.05) is 19.9 Å². The molecule has 3 rings (SSSR count). The molecule has 1 fully saturated rings. The number of anilines is 1. The van der Waals surface area contributed by atoms with Gasteiger partial charge in [0.05, 0.1) is 25.5 Å². The number of carbonyl (C=O) groups excluding carboxylic acids is 2. The molecule has 1 saturated heterocycles. The first-order chi connectivity index (χ1) is 14.0. The van der Waals surface area contributed by atoms with E-state index in [2.05, 4.69) is 10.4 Å². The summed E-state index contributed by atoms with van der Waals surface area (Å²) in [5.41, 5.74) is 0.545. The van der Waals surface area contributed by atoms with E-state index < -0.39 is 6.10 Å². The molecular formula is C20H26N4O5. The van der Waals surface area contributed by atoms with Crippen molar-refractivity contribution in [1.29, 1.82) is 0 Å². The lowest BCUT2D eigenvalue weighted by atomic mass is 10.2. The second-order valence-electron chi connectivity index (χ2n) is 6.76. The Kier molecular flexibility index (Phi) is 7.07. The number of methoxy groups -OCH3 is 1. The molecule has 9 nitrogen and oxygen atoms in total. The second-order valence-corrected chi connectivity index (χ2v) is 6.76. The zero-order chi connectivity index (χ0) is 20.6. The maximum atomic E-state index is 12.4. The van der Waals surface area contributed by atoms with Gasteiger partial charge in [-0.25, -0.2) is 0 Å². The Morgan fingerprint density at radius 3 is 2.76 bits per heavy atom. The van der Waals surface area contributed by atoms with Crippen LogP contribution >= 0.6 is 0 Å². The number of likely N-dealkylation sites (N-methyl/N-ethyl adjacent to an activating group) is 1. The Hall–Kier alpha value is -3.07. The van der Waals surface area contributed by atoms with Crippen LogP contribution in [0.1, 0.15) is 12.8 Å². The summed E-state index contributed by atoms with van der Waals surface area (Å²) >= 11 is 0. The minimum Gasteiger partial charge on any atom is -0.497 e. The number of hydrogen-bond donors (Lipinski definition) is 1. The highest BCUT2D eigenvalue weighted by molar-refractivity contribution is 5.94. The highest BCUT2D eigenvalue weighted by atomic mass is 16.5. The van der Waals surface area contributed by atoms with Crippen LogP contribution in [0.15, 0.2) is 36.7 Å². The van der Waals surface area contributed by atoms with Crippen molar-refractivity contribution in [3.8, 4) is 11.5 Å². The summed E-state index contributed by atoms with van der Waals surface area (Å²) in [6.45, 7) is 1.50. The molecule has 1 atom stereocenters. The topological polar surface area (TPSA) is 94.9 Å². The molecule has 1 aliphatic heterocycles. The summed E-state index contributed by atoms with van der Waals surface area (Å²) in [5.74, 6) is 1.19. The minimum absolute atomic E-state index is 0.0782. The Balaban J connectivity index is 1.40. The van der Waals surface area contributed by atoms with Gasteiger partial charge >= 0.3 is 0 Å². The van der Waals surface area contributed by atoms with Crippen LogP contribution in [0.2, 0.25) is 0 Å². The van der Waals surface area contributed by atoms with E-state index in [9.17, 15) is 9.59 Å². The third-order valence-electron chi connectivity index (χ3n) is 4.60. The average molecular weight is 402 g/mol. The molecule has 0 radical (unpaired) electrons. The van der Waals surface area contributed by atoms with E-state index in [-0.39, 0.29) is 18.4 Å². The predicted octanol–water partition coefficient (Wildman–Crippen LogP) is 1.55. The maximum absolute atomic E-state index is 12.4. The van der Waals surface area contributed by atoms with Crippen LogP contribution in [0, 0.1) is 0 Å². The fraction of sp³-hybridized carbons (Fsp3) is 0.450. The van der Waals surface area contributed by atoms with Crippen LogP contribution in [0.5, 0.6) is 11.5 Å². The van der Waals surface area contributed by atoms with Crippen LogP contribution in [0.3, 0.4) is 0 Å². The first-order valence-electron chi connectivity index (χ1n) is 9.51. The maximum Gasteiger partial charge on any atom is 0.253 e. The summed E-state index contributed by atoms with van der Waals surface area (Å²) < 4.78 is 17.6. The third kappa shape index (κ3) is 5.95. The SMILES string of the molecule is COc1ccc(OCCN(C)C(=O)Cn2cc(NC(=O)C3CCCO3)cn2)cc1. The second kappa shape index (κ2) is 9.92. The third-order valence-corrected chi connectivity index (χ3v) is 4.60. The lowest BCUT2D eigenvalue weighted by Crippen LogP contribution is -2.33. The minimum atomic E-state index is -0.406. The summed E-state index contributed by atoms with van der Waals surface area (Å²) in [4.78, 5) is 26.0. The van der Waals surface area contributed by atoms with Gasteiger partial charge in [-0.05, 0) is 37.1 Å². The highest BCUT2D eigenvalue weighted by Gasteiger charge is 2.23. The van der Waals surface area contributed by atoms with Crippen molar-refractivity contribution in [3.63, 3.8) is 0 Å². The molecule has 156 valence electrons. The first-order valence-corrected chi connectivity index (χ1v) is 9.51. The fourth-order valence-corrected chi connectivity index (χ4v) is 2.88. The monoisotopic (exact) mass is 402 g/mol. The molecule has 1 aromatic heterocycles. The molecule has 2 aromatic rings. The standard InChI is InChI=1S/C20H26N4O5/c1-23(9-11-28-17-7-5-16(27-2)6-8-17)19(25)14-24-13-15(12-21-24)22-20(26)18-4-3-10-29-18/h5-8,12-13,18H,3-4,9-11,14H2,1-2H3,(H,22,26). The average Bonchev–Trinajstić information content (AvgIpc) is 3.41. The number of amides is 2. The highest BCUT2D eigenvalue weighted by Crippen LogP contribution is 2.17. The van der Waals surface area contributed by atoms with Gasteiger partial charge in [-0.2, -0.15) is 5.10 Å². The van der Waals surface area contributed by atoms with Crippen LogP contribution < -0.4 is 14.8 Å². The number of carbonyl (C=O) groups is 2. The Bertz CT molecular complexity index is 815. The van der Waals surface area contributed by atoms with Crippen LogP contribution in [0.25, 0.3) is 0 Å². The van der Waals surface area contributed by atoms with E-state index in [0.717, 1.165) is 18.6 Å². The molecule has 0 spiro atoms. The smallest absolute Gasteiger partial charge is 0.253 e. The molecule has 1 N–H and O–H groups in total. The molecule has 1 unspecified atom stereocenters. The zero-order valence-corrected chi connectivity index (χ0v) is 16.7. The number of hydrogen-bond acceptors (Lipinski definition) is 6. The van der Waals surface area contributed by atoms with Gasteiger partial charge < -0.3 is 24.4 Å². The van der Waals surface area contributed by atoms with Gasteiger partial charge in [-0.3, -0.25) is 14.3 Å². The van der Waals surface area contributed by atoms with E-state index >= 15 is 0 Å². The van der Waals surface area contributed by atoms with Crippen molar-refractivity contribution in [1.82, 2.24) is 14.7 Å². The van der Waals surface area contributed by atoms with E-state index in [1.807, 2.05) is 24.3 Å². The molecule has 2 amide bonds. The molecule has 1 aliphatic rings. The van der Waals surface area contributed by atoms with Gasteiger partial charge in [0.1, 0.15) is 30.8 Å². The van der Waals surface area contributed by atoms with Crippen molar-refractivity contribution >= 4 is 17.5 Å². The molecule has 9 heteroatoms. The predicted molar refractivity (Wildman–Crippen MR) is 106 cm³/mol. The van der Waals surface area contributed by atoms with Crippen molar-refractivity contribution < 1.29 is 23.8 Å². The molecule has 2 heterocycles. The van der Waals surface area contributed by atoms with E-state index in [4.69, 9.17) is 14.2 Å². The zero-order valence-electron chi connectivity index (χ0n) is 16.7. The van der Waals surface area contributed by atoms with Gasteiger partial charge in [0.15, 0.2) is 0 Å². The quantitative estimate of drug-likeness (QED) is 0.684.